The van der Waals surface area contributed by atoms with Crippen molar-refractivity contribution in [3.05, 3.63) is 34.6 Å². The molecule has 0 spiro atoms. The van der Waals surface area contributed by atoms with Crippen molar-refractivity contribution in [1.29, 1.82) is 0 Å². The van der Waals surface area contributed by atoms with Gasteiger partial charge in [0.05, 0.1) is 10.4 Å². The van der Waals surface area contributed by atoms with Crippen molar-refractivity contribution in [3.63, 3.8) is 0 Å². The van der Waals surface area contributed by atoms with Crippen LogP contribution in [-0.2, 0) is 11.3 Å². The summed E-state index contributed by atoms with van der Waals surface area (Å²) >= 11 is 5.72. The third kappa shape index (κ3) is 3.30. The van der Waals surface area contributed by atoms with Crippen LogP contribution in [0.3, 0.4) is 0 Å². The maximum atomic E-state index is 13.1. The minimum Gasteiger partial charge on any atom is -0.352 e. The Balaban J connectivity index is 1.98. The van der Waals surface area contributed by atoms with E-state index in [1.807, 2.05) is 0 Å². The van der Waals surface area contributed by atoms with E-state index in [9.17, 15) is 9.18 Å². The van der Waals surface area contributed by atoms with Crippen LogP contribution in [0.15, 0.2) is 18.2 Å². The molecule has 110 valence electrons. The SMILES string of the molecule is NCC1(C(=O)NCc2ccc(F)c(Cl)c2)CCCCC1. The van der Waals surface area contributed by atoms with Crippen LogP contribution in [0, 0.1) is 11.2 Å². The first-order valence-electron chi connectivity index (χ1n) is 7.00. The summed E-state index contributed by atoms with van der Waals surface area (Å²) in [5.74, 6) is -0.451. The van der Waals surface area contributed by atoms with Gasteiger partial charge < -0.3 is 11.1 Å². The van der Waals surface area contributed by atoms with Crippen LogP contribution in [0.1, 0.15) is 37.7 Å². The third-order valence-electron chi connectivity index (χ3n) is 4.12. The highest BCUT2D eigenvalue weighted by Gasteiger charge is 2.37. The molecular formula is C15H20ClFN2O. The molecule has 1 aliphatic carbocycles. The summed E-state index contributed by atoms with van der Waals surface area (Å²) in [6, 6.07) is 4.47. The van der Waals surface area contributed by atoms with E-state index in [4.69, 9.17) is 17.3 Å². The third-order valence-corrected chi connectivity index (χ3v) is 4.41. The highest BCUT2D eigenvalue weighted by molar-refractivity contribution is 6.30. The molecule has 0 unspecified atom stereocenters. The second kappa shape index (κ2) is 6.55. The number of halogens is 2. The molecule has 1 fully saturated rings. The molecule has 0 bridgehead atoms. The van der Waals surface area contributed by atoms with Gasteiger partial charge in [-0.1, -0.05) is 36.9 Å². The fourth-order valence-corrected chi connectivity index (χ4v) is 2.98. The molecule has 0 saturated heterocycles. The topological polar surface area (TPSA) is 55.1 Å². The van der Waals surface area contributed by atoms with E-state index in [1.54, 1.807) is 6.07 Å². The Morgan fingerprint density at radius 1 is 1.35 bits per heavy atom. The van der Waals surface area contributed by atoms with Crippen LogP contribution in [0.25, 0.3) is 0 Å². The van der Waals surface area contributed by atoms with Gasteiger partial charge in [0.2, 0.25) is 5.91 Å². The number of carbonyl (C=O) groups is 1. The molecule has 1 aromatic carbocycles. The summed E-state index contributed by atoms with van der Waals surface area (Å²) in [4.78, 5) is 12.4. The summed E-state index contributed by atoms with van der Waals surface area (Å²) < 4.78 is 13.1. The van der Waals surface area contributed by atoms with Crippen molar-refractivity contribution in [2.45, 2.75) is 38.6 Å². The van der Waals surface area contributed by atoms with E-state index >= 15 is 0 Å². The summed E-state index contributed by atoms with van der Waals surface area (Å²) in [7, 11) is 0. The minimum absolute atomic E-state index is 0.000137. The number of amides is 1. The van der Waals surface area contributed by atoms with E-state index in [1.165, 1.54) is 18.6 Å². The van der Waals surface area contributed by atoms with Crippen LogP contribution in [0.2, 0.25) is 5.02 Å². The van der Waals surface area contributed by atoms with E-state index in [2.05, 4.69) is 5.32 Å². The second-order valence-electron chi connectivity index (χ2n) is 5.48. The first-order valence-corrected chi connectivity index (χ1v) is 7.37. The zero-order valence-electron chi connectivity index (χ0n) is 11.4. The average Bonchev–Trinajstić information content (AvgIpc) is 2.48. The fraction of sp³-hybridized carbons (Fsp3) is 0.533. The number of benzene rings is 1. The molecule has 0 aliphatic heterocycles. The van der Waals surface area contributed by atoms with Crippen LogP contribution < -0.4 is 11.1 Å². The molecule has 0 heterocycles. The van der Waals surface area contributed by atoms with Crippen LogP contribution in [-0.4, -0.2) is 12.5 Å². The molecule has 2 rings (SSSR count). The maximum Gasteiger partial charge on any atom is 0.227 e. The zero-order valence-corrected chi connectivity index (χ0v) is 12.2. The first-order chi connectivity index (χ1) is 9.57. The quantitative estimate of drug-likeness (QED) is 0.898. The van der Waals surface area contributed by atoms with Crippen LogP contribution in [0.4, 0.5) is 4.39 Å². The van der Waals surface area contributed by atoms with Gasteiger partial charge in [0.25, 0.3) is 0 Å². The van der Waals surface area contributed by atoms with Gasteiger partial charge in [0, 0.05) is 13.1 Å². The Bertz CT molecular complexity index is 487. The van der Waals surface area contributed by atoms with E-state index in [-0.39, 0.29) is 10.9 Å². The number of nitrogens with one attached hydrogen (secondary N) is 1. The lowest BCUT2D eigenvalue weighted by Gasteiger charge is -2.34. The standard InChI is InChI=1S/C15H20ClFN2O/c16-12-8-11(4-5-13(12)17)9-19-14(20)15(10-18)6-2-1-3-7-15/h4-5,8H,1-3,6-7,9-10,18H2,(H,19,20). The van der Waals surface area contributed by atoms with Gasteiger partial charge in [-0.25, -0.2) is 4.39 Å². The minimum atomic E-state index is -0.451. The molecule has 0 radical (unpaired) electrons. The molecule has 1 aromatic rings. The largest absolute Gasteiger partial charge is 0.352 e. The van der Waals surface area contributed by atoms with E-state index in [0.29, 0.717) is 13.1 Å². The molecule has 3 N–H and O–H groups in total. The smallest absolute Gasteiger partial charge is 0.227 e. The lowest BCUT2D eigenvalue weighted by atomic mass is 9.73. The molecule has 1 aliphatic rings. The van der Waals surface area contributed by atoms with E-state index < -0.39 is 11.2 Å². The van der Waals surface area contributed by atoms with Gasteiger partial charge in [-0.15, -0.1) is 0 Å². The van der Waals surface area contributed by atoms with Crippen LogP contribution >= 0.6 is 11.6 Å². The number of hydrogen-bond acceptors (Lipinski definition) is 2. The van der Waals surface area contributed by atoms with Crippen molar-refractivity contribution in [2.75, 3.05) is 6.54 Å². The number of nitrogens with two attached hydrogens (primary N) is 1. The van der Waals surface area contributed by atoms with Crippen molar-refractivity contribution in [2.24, 2.45) is 11.1 Å². The van der Waals surface area contributed by atoms with Crippen molar-refractivity contribution >= 4 is 17.5 Å². The Morgan fingerprint density at radius 3 is 2.65 bits per heavy atom. The monoisotopic (exact) mass is 298 g/mol. The van der Waals surface area contributed by atoms with Crippen molar-refractivity contribution < 1.29 is 9.18 Å². The van der Waals surface area contributed by atoms with Gasteiger partial charge in [-0.2, -0.15) is 0 Å². The highest BCUT2D eigenvalue weighted by Crippen LogP contribution is 2.35. The summed E-state index contributed by atoms with van der Waals surface area (Å²) in [6.07, 6.45) is 4.96. The van der Waals surface area contributed by atoms with Gasteiger partial charge in [0.1, 0.15) is 5.82 Å². The number of carbonyl (C=O) groups excluding carboxylic acids is 1. The molecule has 3 nitrogen and oxygen atoms in total. The first kappa shape index (κ1) is 15.3. The average molecular weight is 299 g/mol. The highest BCUT2D eigenvalue weighted by atomic mass is 35.5. The maximum absolute atomic E-state index is 13.1. The summed E-state index contributed by atoms with van der Waals surface area (Å²) in [5.41, 5.74) is 6.18. The summed E-state index contributed by atoms with van der Waals surface area (Å²) in [6.45, 7) is 0.726. The lowest BCUT2D eigenvalue weighted by molar-refractivity contribution is -0.132. The Kier molecular flexibility index (Phi) is 5.00. The Labute approximate surface area is 123 Å². The Hall–Kier alpha value is -1.13. The van der Waals surface area contributed by atoms with Gasteiger partial charge in [0.15, 0.2) is 0 Å². The molecule has 1 amide bonds. The van der Waals surface area contributed by atoms with Crippen LogP contribution in [0.5, 0.6) is 0 Å². The molecule has 0 aromatic heterocycles. The molecule has 1 saturated carbocycles. The summed E-state index contributed by atoms with van der Waals surface area (Å²) in [5, 5.41) is 2.98. The van der Waals surface area contributed by atoms with Gasteiger partial charge in [-0.05, 0) is 30.5 Å². The molecular weight excluding hydrogens is 279 g/mol. The number of hydrogen-bond donors (Lipinski definition) is 2. The normalized spacial score (nSPS) is 17.8. The molecule has 0 atom stereocenters. The predicted molar refractivity (Wildman–Crippen MR) is 77.8 cm³/mol. The van der Waals surface area contributed by atoms with Crippen molar-refractivity contribution in [3.8, 4) is 0 Å². The Morgan fingerprint density at radius 2 is 2.05 bits per heavy atom. The second-order valence-corrected chi connectivity index (χ2v) is 5.88. The zero-order chi connectivity index (χ0) is 14.6. The van der Waals surface area contributed by atoms with Gasteiger partial charge >= 0.3 is 0 Å². The van der Waals surface area contributed by atoms with E-state index in [0.717, 1.165) is 31.2 Å². The van der Waals surface area contributed by atoms with Crippen molar-refractivity contribution in [1.82, 2.24) is 5.32 Å². The fourth-order valence-electron chi connectivity index (χ4n) is 2.77. The molecule has 20 heavy (non-hydrogen) atoms. The number of rotatable bonds is 4. The predicted octanol–water partition coefficient (Wildman–Crippen LogP) is 3.00. The lowest BCUT2D eigenvalue weighted by Crippen LogP contribution is -2.46. The van der Waals surface area contributed by atoms with Gasteiger partial charge in [-0.3, -0.25) is 4.79 Å². The molecule has 5 heteroatoms.